The van der Waals surface area contributed by atoms with Crippen molar-refractivity contribution in [3.8, 4) is 11.1 Å². The van der Waals surface area contributed by atoms with Crippen LogP contribution in [0, 0.1) is 11.6 Å². The molecule has 5 rings (SSSR count). The van der Waals surface area contributed by atoms with Crippen LogP contribution >= 0.6 is 0 Å². The predicted octanol–water partition coefficient (Wildman–Crippen LogP) is 6.78. The topological polar surface area (TPSA) is 71.5 Å². The Morgan fingerprint density at radius 1 is 1.21 bits per heavy atom. The summed E-state index contributed by atoms with van der Waals surface area (Å²) in [6, 6.07) is 6.65. The van der Waals surface area contributed by atoms with Crippen LogP contribution in [0.2, 0.25) is 0 Å². The number of aliphatic carboxylic acids is 1. The lowest BCUT2D eigenvalue weighted by Gasteiger charge is -2.42. The van der Waals surface area contributed by atoms with Crippen molar-refractivity contribution < 1.29 is 27.5 Å². The number of furan rings is 1. The van der Waals surface area contributed by atoms with E-state index >= 15 is 8.78 Å². The molecular weight excluding hydrogens is 507 g/mol. The Labute approximate surface area is 224 Å². The molecule has 1 aliphatic heterocycles. The number of carbonyl (C=O) groups is 1. The highest BCUT2D eigenvalue weighted by atomic mass is 19.1. The first-order valence-electron chi connectivity index (χ1n) is 12.9. The molecule has 1 N–H and O–H groups in total. The number of carboxylic acids is 1. The Bertz CT molecular complexity index is 1560. The molecule has 9 heteroatoms. The number of hydrogen-bond donors (Lipinski definition) is 1. The third kappa shape index (κ3) is 5.23. The normalized spacial score (nSPS) is 18.2. The molecule has 6 nitrogen and oxygen atoms in total. The van der Waals surface area contributed by atoms with E-state index in [1.54, 1.807) is 11.1 Å². The van der Waals surface area contributed by atoms with E-state index in [4.69, 9.17) is 9.52 Å². The maximum absolute atomic E-state index is 15.6. The molecule has 0 amide bonds. The summed E-state index contributed by atoms with van der Waals surface area (Å²) >= 11 is 0. The summed E-state index contributed by atoms with van der Waals surface area (Å²) in [5.74, 6) is -2.58. The first-order valence-corrected chi connectivity index (χ1v) is 12.9. The number of carboxylic acid groups (broad SMARTS) is 1. The Morgan fingerprint density at radius 2 is 1.92 bits per heavy atom. The molecule has 0 aliphatic carbocycles. The van der Waals surface area contributed by atoms with Gasteiger partial charge in [-0.1, -0.05) is 6.07 Å². The van der Waals surface area contributed by atoms with Gasteiger partial charge in [0.25, 0.3) is 0 Å². The molecular formula is C30H30F3N3O3. The van der Waals surface area contributed by atoms with E-state index in [0.29, 0.717) is 17.8 Å². The molecule has 0 bridgehead atoms. The van der Waals surface area contributed by atoms with Crippen LogP contribution in [0.4, 0.5) is 13.2 Å². The van der Waals surface area contributed by atoms with Gasteiger partial charge in [0.2, 0.25) is 0 Å². The third-order valence-corrected chi connectivity index (χ3v) is 7.11. The Balaban J connectivity index is 1.68. The second-order valence-electron chi connectivity index (χ2n) is 10.7. The number of halogens is 3. The largest absolute Gasteiger partial charge is 0.478 e. The van der Waals surface area contributed by atoms with Gasteiger partial charge in [-0.05, 0) is 75.6 Å². The smallest absolute Gasteiger partial charge is 0.328 e. The van der Waals surface area contributed by atoms with Crippen molar-refractivity contribution in [3.63, 3.8) is 0 Å². The van der Waals surface area contributed by atoms with E-state index in [1.807, 2.05) is 42.9 Å². The van der Waals surface area contributed by atoms with Gasteiger partial charge >= 0.3 is 5.97 Å². The van der Waals surface area contributed by atoms with E-state index in [2.05, 4.69) is 5.10 Å². The fraction of sp³-hybridized carbons (Fsp3) is 0.333. The number of benzene rings is 2. The van der Waals surface area contributed by atoms with E-state index in [9.17, 15) is 9.18 Å². The molecule has 2 atom stereocenters. The highest BCUT2D eigenvalue weighted by Crippen LogP contribution is 2.45. The van der Waals surface area contributed by atoms with Crippen LogP contribution in [-0.2, 0) is 17.8 Å². The lowest BCUT2D eigenvalue weighted by Crippen LogP contribution is -2.48. The molecule has 3 heterocycles. The Kier molecular flexibility index (Phi) is 6.88. The fourth-order valence-corrected chi connectivity index (χ4v) is 5.39. The van der Waals surface area contributed by atoms with Crippen molar-refractivity contribution >= 4 is 23.0 Å². The van der Waals surface area contributed by atoms with Crippen molar-refractivity contribution in [2.45, 2.75) is 58.4 Å². The first kappa shape index (κ1) is 26.7. The zero-order chi connectivity index (χ0) is 28.1. The van der Waals surface area contributed by atoms with E-state index < -0.39 is 29.3 Å². The van der Waals surface area contributed by atoms with Gasteiger partial charge in [0.15, 0.2) is 0 Å². The molecule has 0 radical (unpaired) electrons. The lowest BCUT2D eigenvalue weighted by atomic mass is 9.87. The monoisotopic (exact) mass is 537 g/mol. The second-order valence-corrected chi connectivity index (χ2v) is 10.7. The molecule has 0 saturated carbocycles. The van der Waals surface area contributed by atoms with Crippen LogP contribution < -0.4 is 0 Å². The lowest BCUT2D eigenvalue weighted by molar-refractivity contribution is -0.131. The van der Waals surface area contributed by atoms with Crippen LogP contribution in [0.1, 0.15) is 56.2 Å². The SMILES string of the molecule is CCn1cc(-c2ccc3oc4c(c3c2)C[C@@H](C)N(CC(C)(C)F)C4c2c(F)cc(/C=C/C(=O)O)cc2F)cn1. The minimum atomic E-state index is -1.64. The average molecular weight is 538 g/mol. The van der Waals surface area contributed by atoms with Crippen LogP contribution in [0.25, 0.3) is 28.2 Å². The number of alkyl halides is 1. The van der Waals surface area contributed by atoms with E-state index in [0.717, 1.165) is 52.9 Å². The predicted molar refractivity (Wildman–Crippen MR) is 143 cm³/mol. The molecule has 2 aromatic carbocycles. The molecule has 39 heavy (non-hydrogen) atoms. The highest BCUT2D eigenvalue weighted by Gasteiger charge is 2.42. The minimum absolute atomic E-state index is 0.0690. The second kappa shape index (κ2) is 10.0. The average Bonchev–Trinajstić information content (AvgIpc) is 3.48. The zero-order valence-electron chi connectivity index (χ0n) is 22.2. The third-order valence-electron chi connectivity index (χ3n) is 7.11. The summed E-state index contributed by atoms with van der Waals surface area (Å²) in [6.07, 6.45) is 6.19. The van der Waals surface area contributed by atoms with Crippen LogP contribution in [0.5, 0.6) is 0 Å². The van der Waals surface area contributed by atoms with Gasteiger partial charge in [0.05, 0.1) is 6.20 Å². The van der Waals surface area contributed by atoms with Gasteiger partial charge in [-0.3, -0.25) is 9.58 Å². The summed E-state index contributed by atoms with van der Waals surface area (Å²) in [5, 5.41) is 14.1. The molecule has 204 valence electrons. The number of rotatable bonds is 7. The van der Waals surface area contributed by atoms with Crippen LogP contribution in [-0.4, -0.2) is 44.0 Å². The molecule has 1 aliphatic rings. The van der Waals surface area contributed by atoms with Gasteiger partial charge in [0.1, 0.15) is 34.7 Å². The van der Waals surface area contributed by atoms with Gasteiger partial charge < -0.3 is 9.52 Å². The summed E-state index contributed by atoms with van der Waals surface area (Å²) in [6.45, 7) is 7.45. The molecule has 0 fully saturated rings. The minimum Gasteiger partial charge on any atom is -0.478 e. The standard InChI is InChI=1S/C30H30F3N3O3/c1-5-35-15-20(14-34-35)19-7-8-25-21(13-19)22-10-17(2)36(16-30(3,4)33)28(29(22)39-25)27-23(31)11-18(12-24(27)32)6-9-26(37)38/h6-9,11-15,17,28H,5,10,16H2,1-4H3,(H,37,38)/b9-6+/t17-,28?/m1/s1. The van der Waals surface area contributed by atoms with Crippen LogP contribution in [0.15, 0.2) is 53.2 Å². The number of nitrogens with zero attached hydrogens (tertiary/aromatic N) is 3. The molecule has 2 aromatic heterocycles. The van der Waals surface area contributed by atoms with Gasteiger partial charge in [-0.2, -0.15) is 5.10 Å². The van der Waals surface area contributed by atoms with Crippen molar-refractivity contribution in [3.05, 3.63) is 82.9 Å². The summed E-state index contributed by atoms with van der Waals surface area (Å²) in [4.78, 5) is 12.6. The van der Waals surface area contributed by atoms with E-state index in [-0.39, 0.29) is 23.7 Å². The van der Waals surface area contributed by atoms with Crippen molar-refractivity contribution in [2.75, 3.05) is 6.54 Å². The number of fused-ring (bicyclic) bond motifs is 3. The Hall–Kier alpha value is -3.85. The Morgan fingerprint density at radius 3 is 2.54 bits per heavy atom. The number of aromatic nitrogens is 2. The summed E-state index contributed by atoms with van der Waals surface area (Å²) in [5.41, 5.74) is 1.45. The molecule has 0 saturated heterocycles. The van der Waals surface area contributed by atoms with Crippen molar-refractivity contribution in [2.24, 2.45) is 0 Å². The maximum Gasteiger partial charge on any atom is 0.328 e. The van der Waals surface area contributed by atoms with Gasteiger partial charge in [-0.15, -0.1) is 0 Å². The molecule has 1 unspecified atom stereocenters. The van der Waals surface area contributed by atoms with Gasteiger partial charge in [-0.25, -0.2) is 18.0 Å². The van der Waals surface area contributed by atoms with Crippen LogP contribution in [0.3, 0.4) is 0 Å². The number of aryl methyl sites for hydroxylation is 1. The highest BCUT2D eigenvalue weighted by molar-refractivity contribution is 5.88. The molecule has 0 spiro atoms. The van der Waals surface area contributed by atoms with Gasteiger partial charge in [0, 0.05) is 53.5 Å². The summed E-state index contributed by atoms with van der Waals surface area (Å²) in [7, 11) is 0. The first-order chi connectivity index (χ1) is 18.4. The summed E-state index contributed by atoms with van der Waals surface area (Å²) < 4.78 is 54.4. The van der Waals surface area contributed by atoms with E-state index in [1.165, 1.54) is 13.8 Å². The quantitative estimate of drug-likeness (QED) is 0.263. The van der Waals surface area contributed by atoms with Crippen molar-refractivity contribution in [1.29, 1.82) is 0 Å². The maximum atomic E-state index is 15.6. The number of hydrogen-bond acceptors (Lipinski definition) is 4. The van der Waals surface area contributed by atoms with Crippen molar-refractivity contribution in [1.82, 2.24) is 14.7 Å². The zero-order valence-corrected chi connectivity index (χ0v) is 22.2. The fourth-order valence-electron chi connectivity index (χ4n) is 5.39. The molecule has 4 aromatic rings.